The number of terminal acetylenes is 1. The molecule has 1 N–H and O–H groups in total. The van der Waals surface area contributed by atoms with Crippen LogP contribution in [0.3, 0.4) is 0 Å². The Kier molecular flexibility index (Phi) is 4.06. The van der Waals surface area contributed by atoms with Crippen molar-refractivity contribution in [3.05, 3.63) is 11.6 Å². The summed E-state index contributed by atoms with van der Waals surface area (Å²) < 4.78 is 0. The van der Waals surface area contributed by atoms with E-state index in [1.54, 1.807) is 0 Å². The van der Waals surface area contributed by atoms with E-state index in [0.717, 1.165) is 5.57 Å². The van der Waals surface area contributed by atoms with Gasteiger partial charge in [0.05, 0.1) is 6.54 Å². The van der Waals surface area contributed by atoms with Crippen LogP contribution in [-0.2, 0) is 4.79 Å². The number of carbonyl (C=O) groups is 1. The predicted octanol–water partition coefficient (Wildman–Crippen LogP) is 0.702. The smallest absolute Gasteiger partial charge is 0.244 e. The monoisotopic (exact) mass is 137 g/mol. The summed E-state index contributed by atoms with van der Waals surface area (Å²) in [6, 6.07) is 0. The SMILES string of the molecule is C#CCNC(=O)C=C(C)C. The topological polar surface area (TPSA) is 29.1 Å². The fraction of sp³-hybridized carbons (Fsp3) is 0.375. The second kappa shape index (κ2) is 4.63. The Morgan fingerprint density at radius 3 is 2.70 bits per heavy atom. The van der Waals surface area contributed by atoms with Crippen LogP contribution in [0, 0.1) is 12.3 Å². The Morgan fingerprint density at radius 2 is 2.30 bits per heavy atom. The van der Waals surface area contributed by atoms with E-state index in [1.165, 1.54) is 6.08 Å². The average molecular weight is 137 g/mol. The third-order valence-electron chi connectivity index (χ3n) is 0.784. The van der Waals surface area contributed by atoms with Gasteiger partial charge >= 0.3 is 0 Å². The first-order chi connectivity index (χ1) is 4.66. The lowest BCUT2D eigenvalue weighted by molar-refractivity contribution is -0.116. The van der Waals surface area contributed by atoms with Gasteiger partial charge in [-0.1, -0.05) is 11.5 Å². The number of rotatable bonds is 2. The lowest BCUT2D eigenvalue weighted by Crippen LogP contribution is -2.21. The van der Waals surface area contributed by atoms with Crippen LogP contribution in [0.5, 0.6) is 0 Å². The quantitative estimate of drug-likeness (QED) is 0.440. The van der Waals surface area contributed by atoms with Gasteiger partial charge in [0.2, 0.25) is 5.91 Å². The first-order valence-electron chi connectivity index (χ1n) is 3.03. The van der Waals surface area contributed by atoms with Gasteiger partial charge in [0.15, 0.2) is 0 Å². The fourth-order valence-electron chi connectivity index (χ4n) is 0.451. The highest BCUT2D eigenvalue weighted by molar-refractivity contribution is 5.88. The molecule has 0 fully saturated rings. The third kappa shape index (κ3) is 4.92. The number of allylic oxidation sites excluding steroid dienone is 1. The van der Waals surface area contributed by atoms with E-state index in [-0.39, 0.29) is 5.91 Å². The molecule has 0 aromatic heterocycles. The summed E-state index contributed by atoms with van der Waals surface area (Å²) in [4.78, 5) is 10.7. The second-order valence-electron chi connectivity index (χ2n) is 2.14. The number of amides is 1. The van der Waals surface area contributed by atoms with Gasteiger partial charge in [-0.15, -0.1) is 6.42 Å². The Morgan fingerprint density at radius 1 is 1.70 bits per heavy atom. The van der Waals surface area contributed by atoms with Crippen molar-refractivity contribution in [2.75, 3.05) is 6.54 Å². The van der Waals surface area contributed by atoms with E-state index in [2.05, 4.69) is 11.2 Å². The van der Waals surface area contributed by atoms with Crippen LogP contribution >= 0.6 is 0 Å². The van der Waals surface area contributed by atoms with Crippen molar-refractivity contribution in [1.29, 1.82) is 0 Å². The average Bonchev–Trinajstić information content (AvgIpc) is 1.82. The number of nitrogens with one attached hydrogen (secondary N) is 1. The van der Waals surface area contributed by atoms with Gasteiger partial charge in [-0.05, 0) is 13.8 Å². The van der Waals surface area contributed by atoms with Crippen LogP contribution in [0.25, 0.3) is 0 Å². The fourth-order valence-corrected chi connectivity index (χ4v) is 0.451. The zero-order valence-corrected chi connectivity index (χ0v) is 6.27. The highest BCUT2D eigenvalue weighted by Crippen LogP contribution is 1.86. The predicted molar refractivity (Wildman–Crippen MR) is 41.3 cm³/mol. The summed E-state index contributed by atoms with van der Waals surface area (Å²) in [7, 11) is 0. The minimum Gasteiger partial charge on any atom is -0.342 e. The Hall–Kier alpha value is -1.23. The highest BCUT2D eigenvalue weighted by atomic mass is 16.1. The van der Waals surface area contributed by atoms with Gasteiger partial charge < -0.3 is 5.32 Å². The van der Waals surface area contributed by atoms with Gasteiger partial charge in [0, 0.05) is 6.08 Å². The molecule has 0 heterocycles. The summed E-state index contributed by atoms with van der Waals surface area (Å²) in [5.41, 5.74) is 0.967. The van der Waals surface area contributed by atoms with Crippen molar-refractivity contribution in [2.45, 2.75) is 13.8 Å². The molecule has 0 bridgehead atoms. The molecule has 0 saturated carbocycles. The molecule has 0 aliphatic carbocycles. The van der Waals surface area contributed by atoms with Gasteiger partial charge in [-0.2, -0.15) is 0 Å². The third-order valence-corrected chi connectivity index (χ3v) is 0.784. The van der Waals surface area contributed by atoms with Crippen LogP contribution in [0.1, 0.15) is 13.8 Å². The molecule has 0 aromatic rings. The summed E-state index contributed by atoms with van der Waals surface area (Å²) in [5.74, 6) is 2.18. The maximum Gasteiger partial charge on any atom is 0.244 e. The highest BCUT2D eigenvalue weighted by Gasteiger charge is 1.90. The summed E-state index contributed by atoms with van der Waals surface area (Å²) in [5, 5.41) is 2.51. The molecule has 0 aliphatic heterocycles. The van der Waals surface area contributed by atoms with E-state index in [4.69, 9.17) is 6.42 Å². The lowest BCUT2D eigenvalue weighted by atomic mass is 10.3. The zero-order chi connectivity index (χ0) is 7.98. The van der Waals surface area contributed by atoms with Crippen molar-refractivity contribution in [1.82, 2.24) is 5.32 Å². The lowest BCUT2D eigenvalue weighted by Gasteiger charge is -1.94. The Labute approximate surface area is 61.3 Å². The number of carbonyl (C=O) groups excluding carboxylic acids is 1. The minimum atomic E-state index is -0.127. The standard InChI is InChI=1S/C8H11NO/c1-4-5-9-8(10)6-7(2)3/h1,6H,5H2,2-3H3,(H,9,10). The molecule has 54 valence electrons. The molecule has 1 amide bonds. The largest absolute Gasteiger partial charge is 0.342 e. The molecule has 0 aromatic carbocycles. The van der Waals surface area contributed by atoms with Gasteiger partial charge in [-0.3, -0.25) is 4.79 Å². The first kappa shape index (κ1) is 8.77. The molecule has 2 heteroatoms. The molecule has 10 heavy (non-hydrogen) atoms. The van der Waals surface area contributed by atoms with Crippen molar-refractivity contribution in [3.63, 3.8) is 0 Å². The minimum absolute atomic E-state index is 0.127. The second-order valence-corrected chi connectivity index (χ2v) is 2.14. The molecule has 0 saturated heterocycles. The molecule has 0 aliphatic rings. The molecule has 2 nitrogen and oxygen atoms in total. The maximum atomic E-state index is 10.7. The Bertz CT molecular complexity index is 182. The zero-order valence-electron chi connectivity index (χ0n) is 6.27. The molecular formula is C8H11NO. The van der Waals surface area contributed by atoms with E-state index in [0.29, 0.717) is 6.54 Å². The van der Waals surface area contributed by atoms with Gasteiger partial charge in [-0.25, -0.2) is 0 Å². The molecule has 0 radical (unpaired) electrons. The molecule has 0 atom stereocenters. The summed E-state index contributed by atoms with van der Waals surface area (Å²) in [6.45, 7) is 4.01. The Balaban J connectivity index is 3.68. The van der Waals surface area contributed by atoms with Crippen LogP contribution in [0.4, 0.5) is 0 Å². The molecule has 0 rings (SSSR count). The molecule has 0 unspecified atom stereocenters. The van der Waals surface area contributed by atoms with Crippen molar-refractivity contribution < 1.29 is 4.79 Å². The van der Waals surface area contributed by atoms with E-state index >= 15 is 0 Å². The van der Waals surface area contributed by atoms with E-state index in [1.807, 2.05) is 13.8 Å². The summed E-state index contributed by atoms with van der Waals surface area (Å²) >= 11 is 0. The molecule has 0 spiro atoms. The first-order valence-corrected chi connectivity index (χ1v) is 3.03. The van der Waals surface area contributed by atoms with Crippen molar-refractivity contribution in [3.8, 4) is 12.3 Å². The van der Waals surface area contributed by atoms with Gasteiger partial charge in [0.25, 0.3) is 0 Å². The van der Waals surface area contributed by atoms with Crippen molar-refractivity contribution >= 4 is 5.91 Å². The van der Waals surface area contributed by atoms with E-state index in [9.17, 15) is 4.79 Å². The van der Waals surface area contributed by atoms with E-state index < -0.39 is 0 Å². The number of hydrogen-bond acceptors (Lipinski definition) is 1. The van der Waals surface area contributed by atoms with Crippen LogP contribution in [-0.4, -0.2) is 12.5 Å². The normalized spacial score (nSPS) is 7.70. The maximum absolute atomic E-state index is 10.7. The van der Waals surface area contributed by atoms with Gasteiger partial charge in [0.1, 0.15) is 0 Å². The van der Waals surface area contributed by atoms with Crippen LogP contribution in [0.15, 0.2) is 11.6 Å². The summed E-state index contributed by atoms with van der Waals surface area (Å²) in [6.07, 6.45) is 6.43. The van der Waals surface area contributed by atoms with Crippen LogP contribution < -0.4 is 5.32 Å². The molecular weight excluding hydrogens is 126 g/mol. The van der Waals surface area contributed by atoms with Crippen LogP contribution in [0.2, 0.25) is 0 Å². The van der Waals surface area contributed by atoms with Crippen molar-refractivity contribution in [2.24, 2.45) is 0 Å². The number of hydrogen-bond donors (Lipinski definition) is 1.